The van der Waals surface area contributed by atoms with Gasteiger partial charge in [-0.1, -0.05) is 12.1 Å². The number of phenols is 3. The number of carbonyl (C=O) groups is 2. The molecule has 0 spiro atoms. The molecule has 0 unspecified atom stereocenters. The molecule has 6 N–H and O–H groups in total. The number of hydroxylamine groups is 1. The minimum atomic E-state index is -0.682. The Morgan fingerprint density at radius 1 is 0.962 bits per heavy atom. The molecule has 2 amide bonds. The number of nitrogens with zero attached hydrogens (tertiary/aromatic N) is 1. The molecule has 0 fully saturated rings. The molecule has 0 aliphatic heterocycles. The van der Waals surface area contributed by atoms with Crippen molar-refractivity contribution in [1.29, 1.82) is 0 Å². The molecular formula is C17H15N3O6. The van der Waals surface area contributed by atoms with Crippen molar-refractivity contribution in [2.24, 2.45) is 5.10 Å². The molecule has 134 valence electrons. The van der Waals surface area contributed by atoms with E-state index in [-0.39, 0.29) is 5.56 Å². The quantitative estimate of drug-likeness (QED) is 0.155. The molecule has 2 aromatic rings. The molecule has 2 rings (SSSR count). The van der Waals surface area contributed by atoms with Crippen LogP contribution in [-0.2, 0) is 4.79 Å². The summed E-state index contributed by atoms with van der Waals surface area (Å²) in [6.07, 6.45) is 3.68. The van der Waals surface area contributed by atoms with Crippen molar-refractivity contribution in [2.45, 2.75) is 0 Å². The number of nitrogens with one attached hydrogen (secondary N) is 2. The van der Waals surface area contributed by atoms with E-state index in [1.165, 1.54) is 35.8 Å². The number of phenolic OH excluding ortho intramolecular Hbond substituents is 3. The summed E-state index contributed by atoms with van der Waals surface area (Å²) >= 11 is 0. The Balaban J connectivity index is 2.01. The van der Waals surface area contributed by atoms with Gasteiger partial charge in [0.1, 0.15) is 0 Å². The Kier molecular flexibility index (Phi) is 5.91. The van der Waals surface area contributed by atoms with Crippen molar-refractivity contribution in [3.63, 3.8) is 0 Å². The smallest absolute Gasteiger partial charge is 0.271 e. The van der Waals surface area contributed by atoms with Gasteiger partial charge >= 0.3 is 0 Å². The molecule has 26 heavy (non-hydrogen) atoms. The van der Waals surface area contributed by atoms with Crippen molar-refractivity contribution >= 4 is 24.1 Å². The fraction of sp³-hybridized carbons (Fsp3) is 0. The number of rotatable bonds is 5. The standard InChI is InChI=1S/C17H15N3O6/c21-13-7-6-12(15(23)16(13)24)9-18-19-17(25)11-4-1-10(2-5-11)3-8-14(22)20-26/h1-9,21,23-24,26H,(H,19,25)(H,20,22). The molecule has 2 aromatic carbocycles. The van der Waals surface area contributed by atoms with Crippen LogP contribution in [0.15, 0.2) is 47.6 Å². The van der Waals surface area contributed by atoms with Gasteiger partial charge in [0, 0.05) is 17.2 Å². The Hall–Kier alpha value is -3.85. The van der Waals surface area contributed by atoms with Crippen LogP contribution in [0.25, 0.3) is 6.08 Å². The number of hydrogen-bond donors (Lipinski definition) is 6. The maximum atomic E-state index is 12.0. The Morgan fingerprint density at radius 3 is 2.31 bits per heavy atom. The van der Waals surface area contributed by atoms with Crippen LogP contribution in [0.1, 0.15) is 21.5 Å². The van der Waals surface area contributed by atoms with Crippen LogP contribution >= 0.6 is 0 Å². The van der Waals surface area contributed by atoms with Crippen molar-refractivity contribution < 1.29 is 30.1 Å². The summed E-state index contributed by atoms with van der Waals surface area (Å²) in [6.45, 7) is 0. The second-order valence-corrected chi connectivity index (χ2v) is 5.00. The minimum absolute atomic E-state index is 0.100. The number of benzene rings is 2. The summed E-state index contributed by atoms with van der Waals surface area (Å²) < 4.78 is 0. The summed E-state index contributed by atoms with van der Waals surface area (Å²) in [4.78, 5) is 22.9. The van der Waals surface area contributed by atoms with Gasteiger partial charge in [0.15, 0.2) is 11.5 Å². The van der Waals surface area contributed by atoms with Crippen LogP contribution in [-0.4, -0.2) is 38.6 Å². The predicted molar refractivity (Wildman–Crippen MR) is 91.9 cm³/mol. The highest BCUT2D eigenvalue weighted by atomic mass is 16.5. The average Bonchev–Trinajstić information content (AvgIpc) is 2.66. The number of aromatic hydroxyl groups is 3. The maximum Gasteiger partial charge on any atom is 0.271 e. The lowest BCUT2D eigenvalue weighted by molar-refractivity contribution is -0.124. The maximum absolute atomic E-state index is 12.0. The second kappa shape index (κ2) is 8.31. The zero-order valence-electron chi connectivity index (χ0n) is 13.2. The number of hydrogen-bond acceptors (Lipinski definition) is 7. The monoisotopic (exact) mass is 357 g/mol. The number of hydrazone groups is 1. The Morgan fingerprint density at radius 2 is 1.65 bits per heavy atom. The molecule has 0 aliphatic rings. The molecule has 0 aromatic heterocycles. The normalized spacial score (nSPS) is 11.0. The van der Waals surface area contributed by atoms with Gasteiger partial charge in [-0.3, -0.25) is 14.8 Å². The SMILES string of the molecule is O=C(C=Cc1ccc(C(=O)NN=Cc2ccc(O)c(O)c2O)cc1)NO. The molecule has 0 heterocycles. The fourth-order valence-electron chi connectivity index (χ4n) is 1.87. The van der Waals surface area contributed by atoms with Crippen molar-refractivity contribution in [2.75, 3.05) is 0 Å². The van der Waals surface area contributed by atoms with Gasteiger partial charge in [0.25, 0.3) is 11.8 Å². The van der Waals surface area contributed by atoms with E-state index in [1.54, 1.807) is 12.1 Å². The largest absolute Gasteiger partial charge is 0.504 e. The van der Waals surface area contributed by atoms with Crippen LogP contribution < -0.4 is 10.9 Å². The molecule has 9 heteroatoms. The first-order chi connectivity index (χ1) is 12.4. The second-order valence-electron chi connectivity index (χ2n) is 5.00. The topological polar surface area (TPSA) is 151 Å². The van der Waals surface area contributed by atoms with Gasteiger partial charge in [-0.2, -0.15) is 5.10 Å². The van der Waals surface area contributed by atoms with E-state index in [1.807, 2.05) is 0 Å². The lowest BCUT2D eigenvalue weighted by Gasteiger charge is -2.04. The Labute approximate surface area is 147 Å². The summed E-state index contributed by atoms with van der Waals surface area (Å²) in [5.74, 6) is -2.92. The first-order valence-electron chi connectivity index (χ1n) is 7.22. The van der Waals surface area contributed by atoms with E-state index in [0.29, 0.717) is 11.1 Å². The van der Waals surface area contributed by atoms with Gasteiger partial charge in [0.2, 0.25) is 5.75 Å². The Bertz CT molecular complexity index is 875. The summed E-state index contributed by atoms with van der Waals surface area (Å²) in [6, 6.07) is 8.66. The van der Waals surface area contributed by atoms with Crippen LogP contribution in [0.2, 0.25) is 0 Å². The van der Waals surface area contributed by atoms with Crippen LogP contribution in [0.5, 0.6) is 17.2 Å². The summed E-state index contributed by atoms with van der Waals surface area (Å²) in [5, 5.41) is 40.3. The van der Waals surface area contributed by atoms with Crippen LogP contribution in [0.4, 0.5) is 0 Å². The molecule has 0 saturated carbocycles. The molecule has 0 atom stereocenters. The molecule has 0 bridgehead atoms. The van der Waals surface area contributed by atoms with E-state index in [0.717, 1.165) is 12.3 Å². The van der Waals surface area contributed by atoms with E-state index in [9.17, 15) is 24.9 Å². The van der Waals surface area contributed by atoms with E-state index >= 15 is 0 Å². The molecule has 9 nitrogen and oxygen atoms in total. The van der Waals surface area contributed by atoms with E-state index in [2.05, 4.69) is 10.5 Å². The van der Waals surface area contributed by atoms with Crippen LogP contribution in [0.3, 0.4) is 0 Å². The third-order valence-corrected chi connectivity index (χ3v) is 3.24. The first-order valence-corrected chi connectivity index (χ1v) is 7.22. The predicted octanol–water partition coefficient (Wildman–Crippen LogP) is 1.09. The zero-order valence-corrected chi connectivity index (χ0v) is 13.2. The third-order valence-electron chi connectivity index (χ3n) is 3.24. The number of amides is 2. The lowest BCUT2D eigenvalue weighted by atomic mass is 10.1. The molecule has 0 aliphatic carbocycles. The molecule has 0 radical (unpaired) electrons. The third kappa shape index (κ3) is 4.58. The van der Waals surface area contributed by atoms with E-state index < -0.39 is 29.1 Å². The van der Waals surface area contributed by atoms with E-state index in [4.69, 9.17) is 5.21 Å². The van der Waals surface area contributed by atoms with Crippen molar-refractivity contribution in [3.8, 4) is 17.2 Å². The highest BCUT2D eigenvalue weighted by Gasteiger charge is 2.09. The summed E-state index contributed by atoms with van der Waals surface area (Å²) in [7, 11) is 0. The van der Waals surface area contributed by atoms with Crippen LogP contribution in [0, 0.1) is 0 Å². The molecular weight excluding hydrogens is 342 g/mol. The lowest BCUT2D eigenvalue weighted by Crippen LogP contribution is -2.17. The van der Waals surface area contributed by atoms with Gasteiger partial charge in [-0.25, -0.2) is 10.9 Å². The highest BCUT2D eigenvalue weighted by molar-refractivity contribution is 5.95. The number of carbonyl (C=O) groups excluding carboxylic acids is 2. The fourth-order valence-corrected chi connectivity index (χ4v) is 1.87. The molecule has 0 saturated heterocycles. The average molecular weight is 357 g/mol. The zero-order chi connectivity index (χ0) is 19.1. The van der Waals surface area contributed by atoms with Crippen molar-refractivity contribution in [1.82, 2.24) is 10.9 Å². The van der Waals surface area contributed by atoms with Gasteiger partial charge in [-0.05, 0) is 35.9 Å². The van der Waals surface area contributed by atoms with Gasteiger partial charge in [0.05, 0.1) is 6.21 Å². The first kappa shape index (κ1) is 18.5. The highest BCUT2D eigenvalue weighted by Crippen LogP contribution is 2.36. The minimum Gasteiger partial charge on any atom is -0.504 e. The van der Waals surface area contributed by atoms with Gasteiger partial charge < -0.3 is 15.3 Å². The van der Waals surface area contributed by atoms with Gasteiger partial charge in [-0.15, -0.1) is 0 Å². The van der Waals surface area contributed by atoms with Crippen molar-refractivity contribution in [3.05, 3.63) is 59.2 Å². The summed E-state index contributed by atoms with van der Waals surface area (Å²) in [5.41, 5.74) is 4.74.